The van der Waals surface area contributed by atoms with Gasteiger partial charge in [-0.15, -0.1) is 0 Å². The van der Waals surface area contributed by atoms with Crippen LogP contribution >= 0.6 is 0 Å². The van der Waals surface area contributed by atoms with E-state index in [2.05, 4.69) is 24.3 Å². The number of halogens is 4. The van der Waals surface area contributed by atoms with Crippen molar-refractivity contribution in [3.05, 3.63) is 143 Å². The summed E-state index contributed by atoms with van der Waals surface area (Å²) in [6, 6.07) is 14.5. The Balaban J connectivity index is 0.000000911. The summed E-state index contributed by atoms with van der Waals surface area (Å²) < 4.78 is 70.7. The Morgan fingerprint density at radius 1 is 0.500 bits per heavy atom. The average Bonchev–Trinajstić information content (AvgIpc) is 3.34. The van der Waals surface area contributed by atoms with Crippen LogP contribution in [0.5, 0.6) is 28.7 Å². The fourth-order valence-electron chi connectivity index (χ4n) is 5.44. The summed E-state index contributed by atoms with van der Waals surface area (Å²) in [6.45, 7) is 12.3. The van der Waals surface area contributed by atoms with Crippen LogP contribution in [-0.2, 0) is 0 Å². The van der Waals surface area contributed by atoms with Crippen LogP contribution < -0.4 is 46.4 Å². The lowest BCUT2D eigenvalue weighted by Crippen LogP contribution is -2.29. The highest BCUT2D eigenvalue weighted by molar-refractivity contribution is 5.73. The minimum Gasteiger partial charge on any atom is -0.502 e. The van der Waals surface area contributed by atoms with Crippen molar-refractivity contribution in [3.8, 4) is 28.7 Å². The van der Waals surface area contributed by atoms with E-state index < -0.39 is 54.3 Å². The monoisotopic (exact) mass is 1080 g/mol. The van der Waals surface area contributed by atoms with Gasteiger partial charge in [0.1, 0.15) is 40.4 Å². The largest absolute Gasteiger partial charge is 0.502 e. The Kier molecular flexibility index (Phi) is 31.6. The maximum Gasteiger partial charge on any atom is 0.311 e. The lowest BCUT2D eigenvalue weighted by Gasteiger charge is -2.22. The molecule has 0 bridgehead atoms. The number of nitrogens with two attached hydrogens (primary N) is 3. The molecular formula is C48H67F4N11O13. The van der Waals surface area contributed by atoms with Crippen molar-refractivity contribution in [1.82, 2.24) is 15.1 Å². The van der Waals surface area contributed by atoms with Crippen molar-refractivity contribution < 1.29 is 61.3 Å². The van der Waals surface area contributed by atoms with Crippen LogP contribution in [0.4, 0.5) is 63.1 Å². The fraction of sp³-hybridized carbons (Fsp3) is 0.375. The number of nitrogens with one attached hydrogen (secondary N) is 1. The fourth-order valence-corrected chi connectivity index (χ4v) is 5.44. The van der Waals surface area contributed by atoms with Gasteiger partial charge in [0.25, 0.3) is 5.69 Å². The van der Waals surface area contributed by atoms with Crippen LogP contribution in [0.15, 0.2) is 78.9 Å². The molecule has 5 rings (SSSR count). The van der Waals surface area contributed by atoms with Crippen molar-refractivity contribution in [1.29, 1.82) is 0 Å². The Morgan fingerprint density at radius 3 is 1.32 bits per heavy atom. The van der Waals surface area contributed by atoms with Gasteiger partial charge in [-0.2, -0.15) is 4.39 Å². The van der Waals surface area contributed by atoms with Crippen LogP contribution in [0.25, 0.3) is 0 Å². The zero-order valence-corrected chi connectivity index (χ0v) is 43.9. The standard InChI is InChI=1S/C13H22N4O3.C8H9FN2O3.C8H8FNO3.C8H10FNO.C6H4FNO3.C5H14N2/c1-5-20-13-9-11(16(4)7-6-15(2)3)12(17(18)19)8-10(13)14;1-2-14-8-3-5(9)7(11(12)13)4-6(8)10;1-2-13-8-5-6(9)3-4-7(8)10(11)12;1-2-11-8-5-6(9)3-4-7(8)10;7-4-1-2-5(8(10)11)6(9)3-4;1-6-4-5-7(2)3/h8-9H,5-7,14H2,1-4H3;3-4H,2,10H2,1H3;3-5H,2H2,1H3;3-5H,2,10H2,1H3;1-3,9H;6H,4-5H2,1-3H3. The third kappa shape index (κ3) is 25.4. The number of aromatic hydroxyl groups is 1. The second-order valence-electron chi connectivity index (χ2n) is 15.5. The highest BCUT2D eigenvalue weighted by Gasteiger charge is 2.22. The first kappa shape index (κ1) is 67.5. The van der Waals surface area contributed by atoms with E-state index in [4.69, 9.17) is 41.3 Å². The van der Waals surface area contributed by atoms with Crippen molar-refractivity contribution >= 4 is 45.5 Å². The van der Waals surface area contributed by atoms with E-state index in [1.807, 2.05) is 51.8 Å². The molecule has 0 saturated heterocycles. The smallest absolute Gasteiger partial charge is 0.311 e. The second kappa shape index (κ2) is 35.6. The molecule has 8 N–H and O–H groups in total. The number of nitrogens with zero attached hydrogens (tertiary/aromatic N) is 7. The molecule has 0 aliphatic carbocycles. The van der Waals surface area contributed by atoms with E-state index in [1.54, 1.807) is 19.9 Å². The van der Waals surface area contributed by atoms with Gasteiger partial charge in [-0.1, -0.05) is 0 Å². The molecule has 0 atom stereocenters. The Morgan fingerprint density at radius 2 is 0.895 bits per heavy atom. The van der Waals surface area contributed by atoms with Gasteiger partial charge in [-0.05, 0) is 87.2 Å². The highest BCUT2D eigenvalue weighted by Crippen LogP contribution is 2.37. The Hall–Kier alpha value is -8.50. The normalized spacial score (nSPS) is 10.0. The number of nitrogen functional groups attached to an aromatic ring is 3. The van der Waals surface area contributed by atoms with E-state index in [0.29, 0.717) is 55.3 Å². The molecule has 0 aliphatic rings. The predicted molar refractivity (Wildman–Crippen MR) is 283 cm³/mol. The number of ether oxygens (including phenoxy) is 4. The number of hydrogen-bond donors (Lipinski definition) is 5. The number of nitro groups is 4. The maximum absolute atomic E-state index is 13.0. The van der Waals surface area contributed by atoms with Gasteiger partial charge in [0.15, 0.2) is 11.5 Å². The first-order chi connectivity index (χ1) is 35.7. The van der Waals surface area contributed by atoms with Crippen molar-refractivity contribution in [3.63, 3.8) is 0 Å². The summed E-state index contributed by atoms with van der Waals surface area (Å²) in [5.41, 5.74) is 16.6. The van der Waals surface area contributed by atoms with Crippen molar-refractivity contribution in [2.45, 2.75) is 27.7 Å². The topological polar surface area (TPSA) is 330 Å². The van der Waals surface area contributed by atoms with Gasteiger partial charge in [-0.25, -0.2) is 13.2 Å². The molecular weight excluding hydrogens is 1010 g/mol. The Bertz CT molecular complexity index is 2620. The quantitative estimate of drug-likeness (QED) is 0.0224. The van der Waals surface area contributed by atoms with Gasteiger partial charge < -0.3 is 61.3 Å². The molecule has 76 heavy (non-hydrogen) atoms. The van der Waals surface area contributed by atoms with E-state index in [0.717, 1.165) is 62.1 Å². The van der Waals surface area contributed by atoms with Crippen LogP contribution in [0.1, 0.15) is 27.7 Å². The molecule has 0 radical (unpaired) electrons. The van der Waals surface area contributed by atoms with Gasteiger partial charge in [0, 0.05) is 87.8 Å². The molecule has 5 aromatic rings. The predicted octanol–water partition coefficient (Wildman–Crippen LogP) is 8.43. The molecule has 0 saturated carbocycles. The number of rotatable bonds is 19. The molecule has 0 aromatic heterocycles. The van der Waals surface area contributed by atoms with Crippen LogP contribution in [0.3, 0.4) is 0 Å². The number of likely N-dealkylation sites (N-methyl/N-ethyl adjacent to an activating group) is 4. The Labute approximate surface area is 437 Å². The average molecular weight is 1080 g/mol. The minimum absolute atomic E-state index is 0.00721. The molecule has 28 heteroatoms. The molecule has 24 nitrogen and oxygen atoms in total. The molecule has 0 amide bonds. The summed E-state index contributed by atoms with van der Waals surface area (Å²) in [5.74, 6) is -2.21. The number of phenols is 1. The number of nitro benzene ring substituents is 4. The lowest BCUT2D eigenvalue weighted by molar-refractivity contribution is -0.387. The van der Waals surface area contributed by atoms with E-state index in [1.165, 1.54) is 24.3 Å². The van der Waals surface area contributed by atoms with Crippen LogP contribution in [0, 0.1) is 63.7 Å². The molecule has 0 fully saturated rings. The molecule has 0 unspecified atom stereocenters. The number of hydrogen-bond acceptors (Lipinski definition) is 20. The summed E-state index contributed by atoms with van der Waals surface area (Å²) in [7, 11) is 11.8. The number of benzene rings is 5. The van der Waals surface area contributed by atoms with Crippen molar-refractivity contribution in [2.24, 2.45) is 0 Å². The minimum atomic E-state index is -0.951. The number of anilines is 4. The lowest BCUT2D eigenvalue weighted by atomic mass is 10.2. The first-order valence-corrected chi connectivity index (χ1v) is 22.8. The molecule has 0 heterocycles. The second-order valence-corrected chi connectivity index (χ2v) is 15.5. The van der Waals surface area contributed by atoms with Crippen LogP contribution in [0.2, 0.25) is 0 Å². The van der Waals surface area contributed by atoms with E-state index in [-0.39, 0.29) is 46.7 Å². The van der Waals surface area contributed by atoms with E-state index in [9.17, 15) is 58.0 Å². The molecule has 420 valence electrons. The maximum atomic E-state index is 13.0. The van der Waals surface area contributed by atoms with Gasteiger partial charge in [-0.3, -0.25) is 40.5 Å². The van der Waals surface area contributed by atoms with Gasteiger partial charge in [0.2, 0.25) is 5.82 Å². The third-order valence-corrected chi connectivity index (χ3v) is 9.11. The summed E-state index contributed by atoms with van der Waals surface area (Å²) in [6.07, 6.45) is 0. The summed E-state index contributed by atoms with van der Waals surface area (Å²) in [5, 5.41) is 53.8. The van der Waals surface area contributed by atoms with E-state index >= 15 is 0 Å². The molecule has 0 spiro atoms. The first-order valence-electron chi connectivity index (χ1n) is 22.8. The summed E-state index contributed by atoms with van der Waals surface area (Å²) in [4.78, 5) is 45.3. The zero-order valence-electron chi connectivity index (χ0n) is 43.9. The molecule has 0 aliphatic heterocycles. The zero-order chi connectivity index (χ0) is 58.2. The summed E-state index contributed by atoms with van der Waals surface area (Å²) >= 11 is 0. The number of phenolic OH excluding ortho intramolecular Hbond substituents is 1. The van der Waals surface area contributed by atoms with Crippen LogP contribution in [-0.4, -0.2) is 129 Å². The third-order valence-electron chi connectivity index (χ3n) is 9.11. The van der Waals surface area contributed by atoms with Gasteiger partial charge in [0.05, 0.1) is 63.2 Å². The van der Waals surface area contributed by atoms with Crippen molar-refractivity contribution in [2.75, 3.05) is 117 Å². The van der Waals surface area contributed by atoms with Gasteiger partial charge >= 0.3 is 17.1 Å². The molecule has 5 aromatic carbocycles. The highest BCUT2D eigenvalue weighted by atomic mass is 19.1. The SMILES string of the molecule is CCOc1cc(F)c([N+](=O)[O-])cc1N.CCOc1cc(F)ccc1N.CCOc1cc(F)ccc1[N+](=O)[O-].CCOc1cc(N(C)CCN(C)C)c([N+](=O)[O-])cc1N.CNCCN(C)C.O=[N+]([O-])c1ccc(F)cc1O.